The second kappa shape index (κ2) is 9.98. The Morgan fingerprint density at radius 2 is 1.79 bits per heavy atom. The van der Waals surface area contributed by atoms with Crippen molar-refractivity contribution in [3.05, 3.63) is 41.5 Å². The van der Waals surface area contributed by atoms with Gasteiger partial charge in [0.05, 0.1) is 4.90 Å². The van der Waals surface area contributed by atoms with Crippen molar-refractivity contribution in [3.8, 4) is 0 Å². The zero-order valence-corrected chi connectivity index (χ0v) is 18.4. The van der Waals surface area contributed by atoms with Crippen LogP contribution in [0.5, 0.6) is 0 Å². The summed E-state index contributed by atoms with van der Waals surface area (Å²) >= 11 is 0. The van der Waals surface area contributed by atoms with Crippen molar-refractivity contribution in [3.63, 3.8) is 0 Å². The molecule has 0 unspecified atom stereocenters. The average Bonchev–Trinajstić information content (AvgIpc) is 3.12. The SMILES string of the molecule is Cc1ccc(S(=O)(=O)N[C@H](C(=O)NCCCc2nc(C(C)C)no2)C(C)C)cc1. The zero-order valence-electron chi connectivity index (χ0n) is 17.6. The number of nitrogens with one attached hydrogen (secondary N) is 2. The van der Waals surface area contributed by atoms with Gasteiger partial charge in [0, 0.05) is 18.9 Å². The van der Waals surface area contributed by atoms with E-state index in [2.05, 4.69) is 20.2 Å². The van der Waals surface area contributed by atoms with Crippen LogP contribution in [-0.4, -0.2) is 37.1 Å². The van der Waals surface area contributed by atoms with Gasteiger partial charge in [-0.05, 0) is 31.4 Å². The maximum atomic E-state index is 12.6. The van der Waals surface area contributed by atoms with E-state index in [-0.39, 0.29) is 22.6 Å². The van der Waals surface area contributed by atoms with E-state index in [9.17, 15) is 13.2 Å². The first-order chi connectivity index (χ1) is 13.6. The number of hydrogen-bond donors (Lipinski definition) is 2. The van der Waals surface area contributed by atoms with Crippen molar-refractivity contribution in [1.29, 1.82) is 0 Å². The fraction of sp³-hybridized carbons (Fsp3) is 0.550. The summed E-state index contributed by atoms with van der Waals surface area (Å²) in [7, 11) is -3.79. The number of hydrogen-bond acceptors (Lipinski definition) is 6. The summed E-state index contributed by atoms with van der Waals surface area (Å²) in [6.45, 7) is 9.83. The third kappa shape index (κ3) is 6.64. The molecule has 1 atom stereocenters. The summed E-state index contributed by atoms with van der Waals surface area (Å²) in [5.74, 6) is 0.822. The Morgan fingerprint density at radius 3 is 2.34 bits per heavy atom. The van der Waals surface area contributed by atoms with E-state index in [0.717, 1.165) is 5.56 Å². The third-order valence-corrected chi connectivity index (χ3v) is 5.89. The molecular formula is C20H30N4O4S. The third-order valence-electron chi connectivity index (χ3n) is 4.43. The van der Waals surface area contributed by atoms with Crippen molar-refractivity contribution in [2.45, 2.75) is 64.3 Å². The first-order valence-corrected chi connectivity index (χ1v) is 11.3. The van der Waals surface area contributed by atoms with Gasteiger partial charge in [0.1, 0.15) is 6.04 Å². The Balaban J connectivity index is 1.90. The van der Waals surface area contributed by atoms with Gasteiger partial charge in [-0.3, -0.25) is 4.79 Å². The second-order valence-corrected chi connectivity index (χ2v) is 9.47. The summed E-state index contributed by atoms with van der Waals surface area (Å²) in [6.07, 6.45) is 1.16. The number of carbonyl (C=O) groups excluding carboxylic acids is 1. The number of amides is 1. The van der Waals surface area contributed by atoms with Gasteiger partial charge >= 0.3 is 0 Å². The molecule has 0 bridgehead atoms. The number of carbonyl (C=O) groups is 1. The quantitative estimate of drug-likeness (QED) is 0.569. The van der Waals surface area contributed by atoms with Gasteiger partial charge in [-0.25, -0.2) is 8.42 Å². The molecule has 2 rings (SSSR count). The number of sulfonamides is 1. The van der Waals surface area contributed by atoms with Crippen molar-refractivity contribution < 1.29 is 17.7 Å². The Labute approximate surface area is 172 Å². The van der Waals surface area contributed by atoms with Gasteiger partial charge in [-0.15, -0.1) is 0 Å². The lowest BCUT2D eigenvalue weighted by Crippen LogP contribution is -2.49. The van der Waals surface area contributed by atoms with Gasteiger partial charge in [-0.2, -0.15) is 9.71 Å². The highest BCUT2D eigenvalue weighted by atomic mass is 32.2. The molecule has 29 heavy (non-hydrogen) atoms. The van der Waals surface area contributed by atoms with Crippen LogP contribution >= 0.6 is 0 Å². The van der Waals surface area contributed by atoms with Gasteiger partial charge in [-0.1, -0.05) is 50.5 Å². The number of aryl methyl sites for hydroxylation is 2. The zero-order chi connectivity index (χ0) is 21.6. The molecule has 160 valence electrons. The minimum atomic E-state index is -3.79. The predicted octanol–water partition coefficient (Wildman–Crippen LogP) is 2.55. The molecule has 0 aliphatic carbocycles. The lowest BCUT2D eigenvalue weighted by molar-refractivity contribution is -0.123. The second-order valence-electron chi connectivity index (χ2n) is 7.75. The van der Waals surface area contributed by atoms with Gasteiger partial charge in [0.2, 0.25) is 21.8 Å². The van der Waals surface area contributed by atoms with E-state index >= 15 is 0 Å². The monoisotopic (exact) mass is 422 g/mol. The smallest absolute Gasteiger partial charge is 0.241 e. The van der Waals surface area contributed by atoms with Crippen LogP contribution in [0.1, 0.15) is 57.3 Å². The summed E-state index contributed by atoms with van der Waals surface area (Å²) in [5.41, 5.74) is 0.962. The number of benzene rings is 1. The highest BCUT2D eigenvalue weighted by Crippen LogP contribution is 2.13. The van der Waals surface area contributed by atoms with Crippen molar-refractivity contribution >= 4 is 15.9 Å². The van der Waals surface area contributed by atoms with Crippen LogP contribution in [0.15, 0.2) is 33.7 Å². The molecule has 0 spiro atoms. The molecule has 9 heteroatoms. The van der Waals surface area contributed by atoms with E-state index < -0.39 is 16.1 Å². The van der Waals surface area contributed by atoms with Crippen molar-refractivity contribution in [2.75, 3.05) is 6.54 Å². The standard InChI is InChI=1S/C20H30N4O4S/c1-13(2)18(24-29(26,27)16-10-8-15(5)9-11-16)20(25)21-12-6-7-17-22-19(14(3)4)23-28-17/h8-11,13-14,18,24H,6-7,12H2,1-5H3,(H,21,25)/t18-/m0/s1. The fourth-order valence-electron chi connectivity index (χ4n) is 2.61. The Hall–Kier alpha value is -2.26. The molecule has 0 radical (unpaired) electrons. The van der Waals surface area contributed by atoms with E-state index in [0.29, 0.717) is 31.1 Å². The van der Waals surface area contributed by atoms with Crippen LogP contribution in [0.25, 0.3) is 0 Å². The minimum Gasteiger partial charge on any atom is -0.355 e. The molecule has 0 saturated carbocycles. The minimum absolute atomic E-state index is 0.138. The summed E-state index contributed by atoms with van der Waals surface area (Å²) < 4.78 is 32.9. The predicted molar refractivity (Wildman–Crippen MR) is 110 cm³/mol. The summed E-state index contributed by atoms with van der Waals surface area (Å²) in [5, 5.41) is 6.70. The van der Waals surface area contributed by atoms with Gasteiger partial charge < -0.3 is 9.84 Å². The van der Waals surface area contributed by atoms with Gasteiger partial charge in [0.15, 0.2) is 5.82 Å². The first-order valence-electron chi connectivity index (χ1n) is 9.79. The highest BCUT2D eigenvalue weighted by Gasteiger charge is 2.28. The van der Waals surface area contributed by atoms with Crippen LogP contribution in [0.2, 0.25) is 0 Å². The topological polar surface area (TPSA) is 114 Å². The van der Waals surface area contributed by atoms with E-state index in [1.54, 1.807) is 26.0 Å². The molecule has 1 heterocycles. The van der Waals surface area contributed by atoms with Crippen molar-refractivity contribution in [2.24, 2.45) is 5.92 Å². The maximum absolute atomic E-state index is 12.6. The van der Waals surface area contributed by atoms with Crippen LogP contribution in [0, 0.1) is 12.8 Å². The normalized spacial score (nSPS) is 13.1. The number of rotatable bonds is 10. The van der Waals surface area contributed by atoms with E-state index in [1.165, 1.54) is 12.1 Å². The Bertz CT molecular complexity index is 905. The molecule has 2 N–H and O–H groups in total. The molecule has 0 saturated heterocycles. The molecule has 1 amide bonds. The van der Waals surface area contributed by atoms with Crippen LogP contribution in [-0.2, 0) is 21.2 Å². The van der Waals surface area contributed by atoms with Gasteiger partial charge in [0.25, 0.3) is 0 Å². The molecule has 0 aliphatic heterocycles. The number of nitrogens with zero attached hydrogens (tertiary/aromatic N) is 2. The average molecular weight is 423 g/mol. The molecular weight excluding hydrogens is 392 g/mol. The lowest BCUT2D eigenvalue weighted by Gasteiger charge is -2.21. The molecule has 0 fully saturated rings. The number of aromatic nitrogens is 2. The molecule has 1 aromatic carbocycles. The summed E-state index contributed by atoms with van der Waals surface area (Å²) in [4.78, 5) is 17.0. The molecule has 8 nitrogen and oxygen atoms in total. The molecule has 0 aliphatic rings. The first kappa shape index (κ1) is 23.0. The van der Waals surface area contributed by atoms with Crippen LogP contribution in [0.4, 0.5) is 0 Å². The summed E-state index contributed by atoms with van der Waals surface area (Å²) in [6, 6.07) is 5.64. The lowest BCUT2D eigenvalue weighted by atomic mass is 10.1. The van der Waals surface area contributed by atoms with E-state index in [1.807, 2.05) is 20.8 Å². The highest BCUT2D eigenvalue weighted by molar-refractivity contribution is 7.89. The van der Waals surface area contributed by atoms with Crippen molar-refractivity contribution in [1.82, 2.24) is 20.2 Å². The van der Waals surface area contributed by atoms with E-state index in [4.69, 9.17) is 4.52 Å². The Morgan fingerprint density at radius 1 is 1.14 bits per heavy atom. The fourth-order valence-corrected chi connectivity index (χ4v) is 3.95. The van der Waals surface area contributed by atoms with Crippen LogP contribution < -0.4 is 10.0 Å². The largest absolute Gasteiger partial charge is 0.355 e. The maximum Gasteiger partial charge on any atom is 0.241 e. The van der Waals surface area contributed by atoms with Crippen LogP contribution in [0.3, 0.4) is 0 Å². The molecule has 2 aromatic rings. The Kier molecular flexibility index (Phi) is 7.92. The molecule has 1 aromatic heterocycles.